The molecule has 1 aliphatic rings. The van der Waals surface area contributed by atoms with Crippen LogP contribution in [0.3, 0.4) is 0 Å². The number of carbonyl (C=O) groups is 1. The van der Waals surface area contributed by atoms with Crippen molar-refractivity contribution in [3.05, 3.63) is 0 Å². The number of likely N-dealkylation sites (tertiary alicyclic amines) is 1. The van der Waals surface area contributed by atoms with Gasteiger partial charge in [0.05, 0.1) is 19.1 Å². The summed E-state index contributed by atoms with van der Waals surface area (Å²) >= 11 is 0. The maximum atomic E-state index is 12.2. The molecule has 0 spiro atoms. The molecule has 1 saturated heterocycles. The number of nitrogens with zero attached hydrogens (tertiary/aromatic N) is 3. The number of piperidine rings is 1. The number of ether oxygens (including phenoxy) is 1. The van der Waals surface area contributed by atoms with Crippen LogP contribution in [0.25, 0.3) is 0 Å². The fraction of sp³-hybridized carbons (Fsp3) is 0.833. The van der Waals surface area contributed by atoms with Gasteiger partial charge in [-0.05, 0) is 19.3 Å². The maximum Gasteiger partial charge on any atom is 0.320 e. The third-order valence-electron chi connectivity index (χ3n) is 2.96. The summed E-state index contributed by atoms with van der Waals surface area (Å²) in [7, 11) is 1.62. The Kier molecular flexibility index (Phi) is 6.41. The Balaban J connectivity index is 2.47. The van der Waals surface area contributed by atoms with E-state index in [4.69, 9.17) is 10.00 Å². The number of hydrogen-bond donors (Lipinski definition) is 0. The van der Waals surface area contributed by atoms with Gasteiger partial charge in [-0.15, -0.1) is 0 Å². The molecule has 1 rings (SSSR count). The van der Waals surface area contributed by atoms with E-state index in [1.54, 1.807) is 12.0 Å². The monoisotopic (exact) mass is 239 g/mol. The highest BCUT2D eigenvalue weighted by atomic mass is 16.5. The highest BCUT2D eigenvalue weighted by molar-refractivity contribution is 5.74. The summed E-state index contributed by atoms with van der Waals surface area (Å²) in [5.41, 5.74) is 0. The van der Waals surface area contributed by atoms with Gasteiger partial charge in [0.25, 0.3) is 0 Å². The van der Waals surface area contributed by atoms with Crippen LogP contribution in [0.15, 0.2) is 0 Å². The van der Waals surface area contributed by atoms with Crippen molar-refractivity contribution in [3.63, 3.8) is 0 Å². The van der Waals surface area contributed by atoms with Crippen LogP contribution in [-0.4, -0.2) is 55.7 Å². The molecule has 5 nitrogen and oxygen atoms in total. The molecular formula is C12H21N3O2. The van der Waals surface area contributed by atoms with E-state index in [-0.39, 0.29) is 6.03 Å². The van der Waals surface area contributed by atoms with Gasteiger partial charge < -0.3 is 14.5 Å². The van der Waals surface area contributed by atoms with Gasteiger partial charge in [0.2, 0.25) is 0 Å². The minimum atomic E-state index is 0.0528. The van der Waals surface area contributed by atoms with Crippen molar-refractivity contribution in [3.8, 4) is 6.07 Å². The van der Waals surface area contributed by atoms with Crippen LogP contribution in [0.4, 0.5) is 4.79 Å². The van der Waals surface area contributed by atoms with Gasteiger partial charge in [-0.3, -0.25) is 0 Å². The number of amides is 2. The molecule has 0 aromatic rings. The SMILES string of the molecule is COCCN(CCC#N)C(=O)N1CCCCC1. The Labute approximate surface area is 103 Å². The zero-order valence-corrected chi connectivity index (χ0v) is 10.5. The molecule has 0 saturated carbocycles. The first-order chi connectivity index (χ1) is 8.29. The molecule has 5 heteroatoms. The highest BCUT2D eigenvalue weighted by Crippen LogP contribution is 2.11. The molecule has 0 atom stereocenters. The molecule has 0 unspecified atom stereocenters. The minimum Gasteiger partial charge on any atom is -0.383 e. The Hall–Kier alpha value is -1.28. The molecule has 96 valence electrons. The lowest BCUT2D eigenvalue weighted by Gasteiger charge is -2.32. The van der Waals surface area contributed by atoms with E-state index < -0.39 is 0 Å². The molecule has 0 bridgehead atoms. The molecule has 0 aliphatic carbocycles. The minimum absolute atomic E-state index is 0.0528. The summed E-state index contributed by atoms with van der Waals surface area (Å²) in [6, 6.07) is 2.13. The van der Waals surface area contributed by atoms with Crippen molar-refractivity contribution in [1.29, 1.82) is 5.26 Å². The molecule has 17 heavy (non-hydrogen) atoms. The third-order valence-corrected chi connectivity index (χ3v) is 2.96. The fourth-order valence-corrected chi connectivity index (χ4v) is 1.97. The number of rotatable bonds is 5. The van der Waals surface area contributed by atoms with Crippen molar-refractivity contribution in [1.82, 2.24) is 9.80 Å². The van der Waals surface area contributed by atoms with Crippen LogP contribution in [0.1, 0.15) is 25.7 Å². The number of nitriles is 1. The molecule has 0 aromatic carbocycles. The number of hydrogen-bond acceptors (Lipinski definition) is 3. The summed E-state index contributed by atoms with van der Waals surface area (Å²) in [6.07, 6.45) is 3.76. The zero-order valence-electron chi connectivity index (χ0n) is 10.5. The van der Waals surface area contributed by atoms with Crippen molar-refractivity contribution in [2.24, 2.45) is 0 Å². The van der Waals surface area contributed by atoms with E-state index >= 15 is 0 Å². The van der Waals surface area contributed by atoms with Crippen LogP contribution in [0.2, 0.25) is 0 Å². The largest absolute Gasteiger partial charge is 0.383 e. The summed E-state index contributed by atoms with van der Waals surface area (Å²) in [5, 5.41) is 8.60. The Morgan fingerprint density at radius 3 is 2.65 bits per heavy atom. The van der Waals surface area contributed by atoms with Crippen molar-refractivity contribution in [2.45, 2.75) is 25.7 Å². The first kappa shape index (κ1) is 13.8. The van der Waals surface area contributed by atoms with Crippen LogP contribution in [-0.2, 0) is 4.74 Å². The number of methoxy groups -OCH3 is 1. The quantitative estimate of drug-likeness (QED) is 0.729. The Morgan fingerprint density at radius 1 is 1.35 bits per heavy atom. The zero-order chi connectivity index (χ0) is 12.5. The second-order valence-corrected chi connectivity index (χ2v) is 4.22. The second kappa shape index (κ2) is 7.91. The number of urea groups is 1. The van der Waals surface area contributed by atoms with Crippen molar-refractivity contribution >= 4 is 6.03 Å². The van der Waals surface area contributed by atoms with E-state index in [1.165, 1.54) is 6.42 Å². The van der Waals surface area contributed by atoms with Crippen molar-refractivity contribution in [2.75, 3.05) is 39.9 Å². The van der Waals surface area contributed by atoms with E-state index in [1.807, 2.05) is 4.90 Å². The second-order valence-electron chi connectivity index (χ2n) is 4.22. The Morgan fingerprint density at radius 2 is 2.06 bits per heavy atom. The van der Waals surface area contributed by atoms with Crippen LogP contribution in [0, 0.1) is 11.3 Å². The van der Waals surface area contributed by atoms with Gasteiger partial charge in [0.1, 0.15) is 0 Å². The van der Waals surface area contributed by atoms with Gasteiger partial charge in [0.15, 0.2) is 0 Å². The smallest absolute Gasteiger partial charge is 0.320 e. The average Bonchev–Trinajstić information content (AvgIpc) is 2.39. The van der Waals surface area contributed by atoms with Gasteiger partial charge in [0, 0.05) is 33.3 Å². The lowest BCUT2D eigenvalue weighted by Crippen LogP contribution is -2.46. The van der Waals surface area contributed by atoms with Gasteiger partial charge in [-0.1, -0.05) is 0 Å². The topological polar surface area (TPSA) is 56.6 Å². The molecule has 1 aliphatic heterocycles. The van der Waals surface area contributed by atoms with E-state index in [2.05, 4.69) is 6.07 Å². The van der Waals surface area contributed by atoms with Crippen LogP contribution < -0.4 is 0 Å². The lowest BCUT2D eigenvalue weighted by atomic mass is 10.1. The summed E-state index contributed by atoms with van der Waals surface area (Å²) in [6.45, 7) is 3.26. The maximum absolute atomic E-state index is 12.2. The van der Waals surface area contributed by atoms with Gasteiger partial charge in [-0.2, -0.15) is 5.26 Å². The Bertz CT molecular complexity index is 269. The van der Waals surface area contributed by atoms with Gasteiger partial charge >= 0.3 is 6.03 Å². The summed E-state index contributed by atoms with van der Waals surface area (Å²) in [5.74, 6) is 0. The molecule has 2 amide bonds. The van der Waals surface area contributed by atoms with E-state index in [0.29, 0.717) is 26.1 Å². The predicted octanol–water partition coefficient (Wildman–Crippen LogP) is 1.45. The van der Waals surface area contributed by atoms with Gasteiger partial charge in [-0.25, -0.2) is 4.79 Å². The highest BCUT2D eigenvalue weighted by Gasteiger charge is 2.21. The molecule has 0 N–H and O–H groups in total. The van der Waals surface area contributed by atoms with E-state index in [9.17, 15) is 4.79 Å². The summed E-state index contributed by atoms with van der Waals surface area (Å²) in [4.78, 5) is 15.8. The average molecular weight is 239 g/mol. The first-order valence-corrected chi connectivity index (χ1v) is 6.19. The molecule has 1 fully saturated rings. The molecule has 0 aromatic heterocycles. The van der Waals surface area contributed by atoms with E-state index in [0.717, 1.165) is 25.9 Å². The third kappa shape index (κ3) is 4.61. The standard InChI is InChI=1S/C12H21N3O2/c1-17-11-10-15(9-5-6-13)12(16)14-7-3-2-4-8-14/h2-5,7-11H2,1H3. The fourth-order valence-electron chi connectivity index (χ4n) is 1.97. The lowest BCUT2D eigenvalue weighted by molar-refractivity contribution is 0.120. The molecular weight excluding hydrogens is 218 g/mol. The predicted molar refractivity (Wildman–Crippen MR) is 64.5 cm³/mol. The molecule has 1 heterocycles. The number of carbonyl (C=O) groups excluding carboxylic acids is 1. The van der Waals surface area contributed by atoms with Crippen LogP contribution >= 0.6 is 0 Å². The normalized spacial score (nSPS) is 15.4. The first-order valence-electron chi connectivity index (χ1n) is 6.19. The van der Waals surface area contributed by atoms with Crippen molar-refractivity contribution < 1.29 is 9.53 Å². The van der Waals surface area contributed by atoms with Crippen LogP contribution in [0.5, 0.6) is 0 Å². The summed E-state index contributed by atoms with van der Waals surface area (Å²) < 4.78 is 4.99. The molecule has 0 radical (unpaired) electrons.